The highest BCUT2D eigenvalue weighted by Crippen LogP contribution is 2.58. The minimum Gasteiger partial charge on any atom is -0.0654 e. The van der Waals surface area contributed by atoms with E-state index in [1.165, 1.54) is 290 Å². The van der Waals surface area contributed by atoms with Crippen LogP contribution in [0, 0.1) is 27.3 Å². The van der Waals surface area contributed by atoms with Crippen molar-refractivity contribution in [1.29, 1.82) is 0 Å². The van der Waals surface area contributed by atoms with Crippen molar-refractivity contribution in [2.24, 2.45) is 0 Å². The lowest BCUT2D eigenvalue weighted by Gasteiger charge is -2.33. The molecule has 0 saturated carbocycles. The molecule has 6 aromatic rings. The Hall–Kier alpha value is -4.83. The zero-order valence-electron chi connectivity index (χ0n) is 54.8. The Bertz CT molecular complexity index is 3200. The minimum atomic E-state index is -0.0730. The summed E-state index contributed by atoms with van der Waals surface area (Å²) in [6, 6.07) is 46.0. The fraction of sp³-hybridized carbons (Fsp3) is 0.529. The van der Waals surface area contributed by atoms with Crippen LogP contribution in [0.1, 0.15) is 328 Å². The molecule has 0 atom stereocenters. The summed E-state index contributed by atoms with van der Waals surface area (Å²) in [6.07, 6.45) is 46.4. The molecule has 0 unspecified atom stereocenters. The van der Waals surface area contributed by atoms with Crippen molar-refractivity contribution in [2.45, 2.75) is 289 Å². The molecule has 3 aliphatic rings. The van der Waals surface area contributed by atoms with E-state index in [0.717, 1.165) is 22.3 Å². The van der Waals surface area contributed by atoms with Crippen molar-refractivity contribution in [2.75, 3.05) is 0 Å². The second-order valence-corrected chi connectivity index (χ2v) is 28.3. The van der Waals surface area contributed by atoms with Crippen LogP contribution in [0.5, 0.6) is 0 Å². The number of hydrogen-bond donors (Lipinski definition) is 0. The average Bonchev–Trinajstić information content (AvgIpc) is 2.33. The van der Waals surface area contributed by atoms with Gasteiger partial charge in [0, 0.05) is 42.1 Å². The van der Waals surface area contributed by atoms with Crippen LogP contribution in [0.4, 0.5) is 0 Å². The van der Waals surface area contributed by atoms with Gasteiger partial charge in [-0.05, 0) is 189 Å². The highest BCUT2D eigenvalue weighted by Gasteiger charge is 2.45. The van der Waals surface area contributed by atoms with E-state index >= 15 is 0 Å². The van der Waals surface area contributed by atoms with Gasteiger partial charge in [-0.15, -0.1) is 0 Å². The third-order valence-electron chi connectivity index (χ3n) is 20.9. The number of halogens is 1. The van der Waals surface area contributed by atoms with Gasteiger partial charge in [-0.3, -0.25) is 0 Å². The molecule has 0 radical (unpaired) electrons. The molecule has 0 saturated heterocycles. The van der Waals surface area contributed by atoms with Gasteiger partial charge in [-0.1, -0.05) is 312 Å². The van der Waals surface area contributed by atoms with Crippen LogP contribution >= 0.6 is 22.6 Å². The Kier molecular flexibility index (Phi) is 25.3. The van der Waals surface area contributed by atoms with Crippen LogP contribution in [0.2, 0.25) is 0 Å². The Morgan fingerprint density at radius 1 is 0.244 bits per heavy atom. The molecule has 3 aliphatic carbocycles. The van der Waals surface area contributed by atoms with E-state index in [1.807, 2.05) is 0 Å². The third kappa shape index (κ3) is 15.4. The van der Waals surface area contributed by atoms with Gasteiger partial charge in [-0.25, -0.2) is 0 Å². The molecule has 0 amide bonds. The largest absolute Gasteiger partial charge is 0.0654 e. The Labute approximate surface area is 539 Å². The molecule has 0 bridgehead atoms. The highest BCUT2D eigenvalue weighted by atomic mass is 127. The van der Waals surface area contributed by atoms with Gasteiger partial charge in [-0.2, -0.15) is 0 Å². The second-order valence-electron chi connectivity index (χ2n) is 27.0. The highest BCUT2D eigenvalue weighted by molar-refractivity contribution is 14.1. The van der Waals surface area contributed by atoms with Crippen LogP contribution in [-0.4, -0.2) is 0 Å². The number of rotatable bonds is 36. The molecule has 9 rings (SSSR count). The van der Waals surface area contributed by atoms with E-state index in [1.54, 1.807) is 11.1 Å². The monoisotopic (exact) mass is 1260 g/mol. The first-order valence-electron chi connectivity index (χ1n) is 35.8. The summed E-state index contributed by atoms with van der Waals surface area (Å²) in [5.41, 5.74) is 22.5. The molecule has 0 fully saturated rings. The zero-order chi connectivity index (χ0) is 60.0. The summed E-state index contributed by atoms with van der Waals surface area (Å²) in [5, 5.41) is 0. The Balaban J connectivity index is 1.07. The van der Waals surface area contributed by atoms with E-state index < -0.39 is 0 Å². The van der Waals surface area contributed by atoms with Crippen molar-refractivity contribution >= 4 is 22.6 Å². The number of unbranched alkanes of at least 4 members (excludes halogenated alkanes) is 24. The predicted octanol–water partition coefficient (Wildman–Crippen LogP) is 26.1. The van der Waals surface area contributed by atoms with Crippen molar-refractivity contribution in [3.8, 4) is 57.1 Å². The molecule has 0 heterocycles. The lowest BCUT2D eigenvalue weighted by atomic mass is 9.70. The fourth-order valence-corrected chi connectivity index (χ4v) is 16.7. The second kappa shape index (κ2) is 33.1. The van der Waals surface area contributed by atoms with E-state index in [0.29, 0.717) is 0 Å². The molecule has 86 heavy (non-hydrogen) atoms. The average molecular weight is 1260 g/mol. The lowest BCUT2D eigenvalue weighted by molar-refractivity contribution is 0.398. The molecular weight excluding hydrogens is 1150 g/mol. The summed E-state index contributed by atoms with van der Waals surface area (Å²) in [4.78, 5) is 0. The Morgan fingerprint density at radius 2 is 0.477 bits per heavy atom. The molecule has 0 nitrogen and oxygen atoms in total. The number of benzene rings is 6. The molecule has 1 heteroatoms. The first kappa shape index (κ1) is 65.6. The summed E-state index contributed by atoms with van der Waals surface area (Å²) < 4.78 is 1.35. The summed E-state index contributed by atoms with van der Waals surface area (Å²) in [5.74, 6) is 15.4. The molecule has 0 N–H and O–H groups in total. The smallest absolute Gasteiger partial charge is 0.0252 e. The summed E-state index contributed by atoms with van der Waals surface area (Å²) in [6.45, 7) is 14.0. The first-order chi connectivity index (χ1) is 42.3. The van der Waals surface area contributed by atoms with Gasteiger partial charge in [0.2, 0.25) is 0 Å². The maximum absolute atomic E-state index is 3.85. The van der Waals surface area contributed by atoms with Crippen LogP contribution in [0.25, 0.3) is 33.4 Å². The standard InChI is InChI=1S/C85H109I/c1-7-13-19-25-33-55-83(56-34-26-20-14-8-2)77-40-32-31-39-71(77)72-50-45-66(61-78(72)83)41-42-67-46-51-73-74-52-47-68(63-80(74)84(79(73)62-67,57-35-27-21-15-9-3)58-36-28-22-16-10-4)43-44-69-48-53-75-76-54-49-70(86)65-82(76)85(81(75)64-69,59-37-29-23-17-11-5)60-38-30-24-18-12-6/h31-32,39-40,45-54,61-65H,7-30,33-38,55-60H2,1-6H3. The van der Waals surface area contributed by atoms with Crippen molar-refractivity contribution < 1.29 is 0 Å². The van der Waals surface area contributed by atoms with E-state index in [4.69, 9.17) is 0 Å². The van der Waals surface area contributed by atoms with Crippen LogP contribution in [-0.2, 0) is 16.2 Å². The van der Waals surface area contributed by atoms with Crippen LogP contribution < -0.4 is 0 Å². The van der Waals surface area contributed by atoms with Gasteiger partial charge in [0.1, 0.15) is 0 Å². The molecule has 6 aromatic carbocycles. The third-order valence-corrected chi connectivity index (χ3v) is 21.6. The molecule has 0 aliphatic heterocycles. The predicted molar refractivity (Wildman–Crippen MR) is 383 cm³/mol. The number of fused-ring (bicyclic) bond motifs is 9. The lowest BCUT2D eigenvalue weighted by Crippen LogP contribution is -2.26. The topological polar surface area (TPSA) is 0 Å². The minimum absolute atomic E-state index is 0.0402. The van der Waals surface area contributed by atoms with Gasteiger partial charge >= 0.3 is 0 Å². The maximum atomic E-state index is 3.85. The van der Waals surface area contributed by atoms with Crippen molar-refractivity contribution in [3.05, 3.63) is 174 Å². The number of hydrogen-bond acceptors (Lipinski definition) is 0. The normalized spacial score (nSPS) is 14.1. The van der Waals surface area contributed by atoms with Crippen LogP contribution in [0.15, 0.2) is 115 Å². The summed E-state index contributed by atoms with van der Waals surface area (Å²) >= 11 is 2.56. The summed E-state index contributed by atoms with van der Waals surface area (Å²) in [7, 11) is 0. The van der Waals surface area contributed by atoms with Crippen LogP contribution in [0.3, 0.4) is 0 Å². The fourth-order valence-electron chi connectivity index (χ4n) is 16.2. The maximum Gasteiger partial charge on any atom is 0.0252 e. The van der Waals surface area contributed by atoms with Gasteiger partial charge in [0.15, 0.2) is 0 Å². The van der Waals surface area contributed by atoms with E-state index in [2.05, 4.69) is 203 Å². The first-order valence-corrected chi connectivity index (χ1v) is 36.9. The molecular formula is C85H109I. The van der Waals surface area contributed by atoms with E-state index in [9.17, 15) is 0 Å². The Morgan fingerprint density at radius 3 is 0.767 bits per heavy atom. The van der Waals surface area contributed by atoms with E-state index in [-0.39, 0.29) is 16.2 Å². The quantitative estimate of drug-likeness (QED) is 0.0209. The molecule has 0 aromatic heterocycles. The van der Waals surface area contributed by atoms with Gasteiger partial charge in [0.05, 0.1) is 0 Å². The van der Waals surface area contributed by atoms with Gasteiger partial charge in [0.25, 0.3) is 0 Å². The van der Waals surface area contributed by atoms with Gasteiger partial charge < -0.3 is 0 Å². The SMILES string of the molecule is CCCCCCCC1(CCCCCCC)c2ccccc2-c2ccc(C#Cc3ccc4c(c3)C(CCCCCCC)(CCCCCCC)c3cc(C#Cc5ccc6c(c5)C(CCCCCCC)(CCCCCCC)c5cc(I)ccc5-6)ccc3-4)cc21. The molecule has 456 valence electrons. The van der Waals surface area contributed by atoms with Crippen molar-refractivity contribution in [3.63, 3.8) is 0 Å². The molecule has 0 spiro atoms. The zero-order valence-corrected chi connectivity index (χ0v) is 57.0. The van der Waals surface area contributed by atoms with Crippen molar-refractivity contribution in [1.82, 2.24) is 0 Å².